The van der Waals surface area contributed by atoms with Gasteiger partial charge in [0.1, 0.15) is 6.54 Å². The number of quaternary nitrogens is 1. The van der Waals surface area contributed by atoms with E-state index in [1.165, 1.54) is 23.3 Å². The molecule has 0 unspecified atom stereocenters. The zero-order valence-electron chi connectivity index (χ0n) is 13.7. The Balaban J connectivity index is 1.56. The van der Waals surface area contributed by atoms with Crippen LogP contribution in [-0.4, -0.2) is 39.3 Å². The van der Waals surface area contributed by atoms with Crippen LogP contribution < -0.4 is 9.80 Å². The van der Waals surface area contributed by atoms with Gasteiger partial charge in [0, 0.05) is 5.69 Å². The molecule has 0 amide bonds. The second-order valence-corrected chi connectivity index (χ2v) is 5.96. The lowest BCUT2D eigenvalue weighted by molar-refractivity contribution is -0.915. The fourth-order valence-corrected chi connectivity index (χ4v) is 3.09. The summed E-state index contributed by atoms with van der Waals surface area (Å²) in [6.07, 6.45) is 0. The molecule has 0 spiro atoms. The summed E-state index contributed by atoms with van der Waals surface area (Å²) in [6.45, 7) is 7.14. The van der Waals surface area contributed by atoms with Gasteiger partial charge in [0.25, 0.3) is 0 Å². The number of hydrogen-bond acceptors (Lipinski definition) is 4. The topological polar surface area (TPSA) is 47.1 Å². The first-order valence-corrected chi connectivity index (χ1v) is 7.98. The monoisotopic (exact) mass is 315 g/mol. The first-order chi connectivity index (χ1) is 11.2. The van der Waals surface area contributed by atoms with Crippen LogP contribution >= 0.6 is 0 Å². The molecular weight excluding hydrogens is 292 g/mol. The molecule has 5 heteroatoms. The van der Waals surface area contributed by atoms with Crippen LogP contribution in [0.25, 0.3) is 0 Å². The van der Waals surface area contributed by atoms with Crippen molar-refractivity contribution in [3.63, 3.8) is 0 Å². The molecule has 5 nitrogen and oxygen atoms in total. The van der Waals surface area contributed by atoms with E-state index in [-0.39, 0.29) is 5.76 Å². The molecular formula is C18H23N2O3+. The van der Waals surface area contributed by atoms with E-state index in [1.54, 1.807) is 6.07 Å². The highest BCUT2D eigenvalue weighted by Crippen LogP contribution is 2.19. The average molecular weight is 315 g/mol. The van der Waals surface area contributed by atoms with E-state index in [1.807, 2.05) is 6.07 Å². The third-order valence-electron chi connectivity index (χ3n) is 4.40. The smallest absolute Gasteiger partial charge is 0.373 e. The highest BCUT2D eigenvalue weighted by molar-refractivity contribution is 5.86. The maximum atomic E-state index is 11.4. The second kappa shape index (κ2) is 6.87. The van der Waals surface area contributed by atoms with Crippen LogP contribution in [0.4, 0.5) is 5.69 Å². The number of piperazine rings is 1. The maximum Gasteiger partial charge on any atom is 0.373 e. The Labute approximate surface area is 136 Å². The molecule has 23 heavy (non-hydrogen) atoms. The Morgan fingerprint density at radius 3 is 2.65 bits per heavy atom. The minimum atomic E-state index is -0.421. The number of aryl methyl sites for hydroxylation is 1. The van der Waals surface area contributed by atoms with Crippen molar-refractivity contribution in [3.8, 4) is 0 Å². The normalized spacial score (nSPS) is 15.7. The van der Waals surface area contributed by atoms with Crippen LogP contribution in [0, 0.1) is 6.92 Å². The number of nitrogens with one attached hydrogen (secondary N) is 1. The van der Waals surface area contributed by atoms with Gasteiger partial charge in [-0.15, -0.1) is 0 Å². The molecule has 0 radical (unpaired) electrons. The van der Waals surface area contributed by atoms with Gasteiger partial charge in [-0.25, -0.2) is 4.79 Å². The molecule has 1 aliphatic heterocycles. The average Bonchev–Trinajstić information content (AvgIpc) is 3.04. The van der Waals surface area contributed by atoms with E-state index in [0.29, 0.717) is 0 Å². The molecule has 1 N–H and O–H groups in total. The number of anilines is 1. The number of rotatable bonds is 4. The molecule has 1 fully saturated rings. The number of carbonyl (C=O) groups is 1. The number of furan rings is 1. The van der Waals surface area contributed by atoms with Crippen LogP contribution in [0.15, 0.2) is 40.8 Å². The highest BCUT2D eigenvalue weighted by atomic mass is 16.5. The fourth-order valence-electron chi connectivity index (χ4n) is 3.09. The standard InChI is InChI=1S/C18H22N2O3/c1-14-5-3-4-6-16(14)20-11-9-19(10-12-20)13-15-7-8-17(23-15)18(21)22-2/h3-8H,9-13H2,1-2H3/p+1. The van der Waals surface area contributed by atoms with Crippen molar-refractivity contribution >= 4 is 11.7 Å². The molecule has 2 heterocycles. The van der Waals surface area contributed by atoms with Crippen molar-refractivity contribution in [1.29, 1.82) is 0 Å². The SMILES string of the molecule is COC(=O)c1ccc(C[NH+]2CCN(c3ccccc3C)CC2)o1. The van der Waals surface area contributed by atoms with Crippen LogP contribution in [0.1, 0.15) is 21.9 Å². The summed E-state index contributed by atoms with van der Waals surface area (Å²) < 4.78 is 10.2. The number of carbonyl (C=O) groups excluding carboxylic acids is 1. The minimum Gasteiger partial charge on any atom is -0.463 e. The van der Waals surface area contributed by atoms with Crippen molar-refractivity contribution < 1.29 is 18.8 Å². The summed E-state index contributed by atoms with van der Waals surface area (Å²) in [5.74, 6) is 0.695. The summed E-state index contributed by atoms with van der Waals surface area (Å²) in [5.41, 5.74) is 2.65. The minimum absolute atomic E-state index is 0.278. The predicted octanol–water partition coefficient (Wildman–Crippen LogP) is 1.28. The summed E-state index contributed by atoms with van der Waals surface area (Å²) in [4.78, 5) is 15.3. The van der Waals surface area contributed by atoms with Crippen molar-refractivity contribution in [2.75, 3.05) is 38.2 Å². The van der Waals surface area contributed by atoms with Crippen LogP contribution in [0.3, 0.4) is 0 Å². The molecule has 0 aliphatic carbocycles. The second-order valence-electron chi connectivity index (χ2n) is 5.96. The number of benzene rings is 1. The van der Waals surface area contributed by atoms with Gasteiger partial charge >= 0.3 is 5.97 Å². The number of esters is 1. The van der Waals surface area contributed by atoms with Crippen molar-refractivity contribution in [1.82, 2.24) is 0 Å². The lowest BCUT2D eigenvalue weighted by Gasteiger charge is -2.34. The molecule has 1 aliphatic rings. The molecule has 3 rings (SSSR count). The Morgan fingerprint density at radius 2 is 1.96 bits per heavy atom. The highest BCUT2D eigenvalue weighted by Gasteiger charge is 2.22. The van der Waals surface area contributed by atoms with Gasteiger partial charge in [-0.05, 0) is 30.7 Å². The van der Waals surface area contributed by atoms with Gasteiger partial charge in [0.05, 0.1) is 33.3 Å². The Bertz CT molecular complexity index is 672. The van der Waals surface area contributed by atoms with Crippen LogP contribution in [0.5, 0.6) is 0 Å². The van der Waals surface area contributed by atoms with Crippen LogP contribution in [0.2, 0.25) is 0 Å². The summed E-state index contributed by atoms with van der Waals surface area (Å²) >= 11 is 0. The summed E-state index contributed by atoms with van der Waals surface area (Å²) in [5, 5.41) is 0. The number of hydrogen-bond donors (Lipinski definition) is 1. The van der Waals surface area contributed by atoms with Crippen LogP contribution in [-0.2, 0) is 11.3 Å². The van der Waals surface area contributed by atoms with Gasteiger partial charge < -0.3 is 19.0 Å². The number of para-hydroxylation sites is 1. The Kier molecular flexibility index (Phi) is 4.67. The van der Waals surface area contributed by atoms with E-state index in [9.17, 15) is 4.79 Å². The Hall–Kier alpha value is -2.27. The van der Waals surface area contributed by atoms with Gasteiger partial charge in [-0.3, -0.25) is 0 Å². The summed E-state index contributed by atoms with van der Waals surface area (Å²) in [7, 11) is 1.36. The molecule has 2 aromatic rings. The van der Waals surface area contributed by atoms with Gasteiger partial charge in [0.2, 0.25) is 5.76 Å². The molecule has 1 aromatic heterocycles. The predicted molar refractivity (Wildman–Crippen MR) is 87.8 cm³/mol. The zero-order chi connectivity index (χ0) is 16.2. The third kappa shape index (κ3) is 3.56. The zero-order valence-corrected chi connectivity index (χ0v) is 13.7. The molecule has 122 valence electrons. The van der Waals surface area contributed by atoms with Crippen molar-refractivity contribution in [2.45, 2.75) is 13.5 Å². The van der Waals surface area contributed by atoms with Gasteiger partial charge in [-0.1, -0.05) is 18.2 Å². The van der Waals surface area contributed by atoms with Gasteiger partial charge in [-0.2, -0.15) is 0 Å². The third-order valence-corrected chi connectivity index (χ3v) is 4.40. The lowest BCUT2D eigenvalue weighted by Crippen LogP contribution is -3.13. The molecule has 0 saturated carbocycles. The number of methoxy groups -OCH3 is 1. The first kappa shape index (κ1) is 15.6. The molecule has 0 atom stereocenters. The van der Waals surface area contributed by atoms with E-state index in [0.717, 1.165) is 38.5 Å². The van der Waals surface area contributed by atoms with E-state index in [2.05, 4.69) is 40.8 Å². The quantitative estimate of drug-likeness (QED) is 0.864. The maximum absolute atomic E-state index is 11.4. The van der Waals surface area contributed by atoms with Crippen molar-refractivity contribution in [3.05, 3.63) is 53.5 Å². The fraction of sp³-hybridized carbons (Fsp3) is 0.389. The van der Waals surface area contributed by atoms with E-state index in [4.69, 9.17) is 4.42 Å². The number of ether oxygens (including phenoxy) is 1. The lowest BCUT2D eigenvalue weighted by atomic mass is 10.1. The van der Waals surface area contributed by atoms with Crippen molar-refractivity contribution in [2.24, 2.45) is 0 Å². The van der Waals surface area contributed by atoms with E-state index >= 15 is 0 Å². The molecule has 1 aromatic carbocycles. The van der Waals surface area contributed by atoms with E-state index < -0.39 is 5.97 Å². The van der Waals surface area contributed by atoms with Gasteiger partial charge in [0.15, 0.2) is 5.76 Å². The largest absolute Gasteiger partial charge is 0.463 e. The molecule has 0 bridgehead atoms. The number of nitrogens with zero attached hydrogens (tertiary/aromatic N) is 1. The first-order valence-electron chi connectivity index (χ1n) is 7.98. The summed E-state index contributed by atoms with van der Waals surface area (Å²) in [6, 6.07) is 12.1. The Morgan fingerprint density at radius 1 is 1.22 bits per heavy atom. The molecule has 1 saturated heterocycles.